The van der Waals surface area contributed by atoms with Crippen molar-refractivity contribution >= 4 is 52.9 Å². The minimum atomic E-state index is -1.97. The Bertz CT molecular complexity index is 1220. The quantitative estimate of drug-likeness (QED) is 0.351. The Morgan fingerprint density at radius 1 is 1.09 bits per heavy atom. The summed E-state index contributed by atoms with van der Waals surface area (Å²) < 4.78 is 4.62. The number of carbonyl (C=O) groups is 5. The molecule has 2 saturated heterocycles. The van der Waals surface area contributed by atoms with Gasteiger partial charge in [0.25, 0.3) is 11.8 Å². The zero-order chi connectivity index (χ0) is 24.7. The average Bonchev–Trinajstić information content (AvgIpc) is 3.14. The molecular weight excluding hydrogens is 487 g/mol. The summed E-state index contributed by atoms with van der Waals surface area (Å²) in [6, 6.07) is 6.25. The fourth-order valence-corrected chi connectivity index (χ4v) is 7.10. The number of ether oxygens (including phenoxy) is 1. The first-order valence-electron chi connectivity index (χ1n) is 10.6. The van der Waals surface area contributed by atoms with Gasteiger partial charge in [-0.1, -0.05) is 29.8 Å². The predicted molar refractivity (Wildman–Crippen MR) is 118 cm³/mol. The molecule has 1 aromatic rings. The number of methoxy groups -OCH3 is 1. The molecule has 1 saturated carbocycles. The minimum absolute atomic E-state index is 0.110. The third kappa shape index (κ3) is 2.54. The number of fused-ring (bicyclic) bond motifs is 4. The van der Waals surface area contributed by atoms with E-state index >= 15 is 0 Å². The highest BCUT2D eigenvalue weighted by Gasteiger charge is 2.76. The Hall–Kier alpha value is -2.91. The number of aromatic hydroxyl groups is 1. The SMILES string of the molecule is COC(=O)N1C(=O)[C@H]2[C@H](CC=C3[C@H]2C[C@@]2(Cl)C(=O)N(C)C(=O)[C@@]2(Cl)[C@H]3c2ccccc2O)C1=O. The Labute approximate surface area is 204 Å². The summed E-state index contributed by atoms with van der Waals surface area (Å²) in [5.41, 5.74) is 0.799. The number of rotatable bonds is 1. The molecule has 0 bridgehead atoms. The Morgan fingerprint density at radius 2 is 1.76 bits per heavy atom. The standard InChI is InChI=1S/C23H20Cl2N2O7/c1-26-19(31)22(24)9-13-10(7-8-12-15(13)18(30)27(17(12)29)21(33)34-2)16(23(22,25)20(26)32)11-5-3-4-6-14(11)28/h3-7,12-13,15-16,28H,8-9H2,1-2H3/t12-,13+,15-,16+,22+,23-/m0/s1. The van der Waals surface area contributed by atoms with Gasteiger partial charge in [0.05, 0.1) is 18.9 Å². The number of alkyl halides is 2. The van der Waals surface area contributed by atoms with Crippen molar-refractivity contribution in [2.75, 3.05) is 14.2 Å². The molecule has 34 heavy (non-hydrogen) atoms. The van der Waals surface area contributed by atoms with Gasteiger partial charge >= 0.3 is 6.09 Å². The molecule has 5 amide bonds. The molecule has 2 heterocycles. The second-order valence-corrected chi connectivity index (χ2v) is 10.3. The van der Waals surface area contributed by atoms with E-state index in [1.807, 2.05) is 0 Å². The van der Waals surface area contributed by atoms with Crippen molar-refractivity contribution in [3.05, 3.63) is 41.5 Å². The number of phenolic OH excluding ortho intramolecular Hbond substituents is 1. The molecule has 9 nitrogen and oxygen atoms in total. The highest BCUT2D eigenvalue weighted by molar-refractivity contribution is 6.53. The molecule has 5 rings (SSSR count). The van der Waals surface area contributed by atoms with Crippen LogP contribution in [0, 0.1) is 17.8 Å². The summed E-state index contributed by atoms with van der Waals surface area (Å²) in [6.45, 7) is 0. The predicted octanol–water partition coefficient (Wildman–Crippen LogP) is 2.15. The lowest BCUT2D eigenvalue weighted by molar-refractivity contribution is -0.139. The van der Waals surface area contributed by atoms with E-state index in [1.165, 1.54) is 13.1 Å². The number of imide groups is 4. The van der Waals surface area contributed by atoms with E-state index in [2.05, 4.69) is 4.74 Å². The van der Waals surface area contributed by atoms with E-state index in [4.69, 9.17) is 23.2 Å². The fourth-order valence-electron chi connectivity index (χ4n) is 6.09. The summed E-state index contributed by atoms with van der Waals surface area (Å²) in [4.78, 5) is 62.4. The first-order chi connectivity index (χ1) is 16.0. The maximum atomic E-state index is 13.4. The van der Waals surface area contributed by atoms with Crippen LogP contribution in [0.3, 0.4) is 0 Å². The summed E-state index contributed by atoms with van der Waals surface area (Å²) in [6.07, 6.45) is 0.542. The number of amides is 5. The van der Waals surface area contributed by atoms with Gasteiger partial charge in [-0.3, -0.25) is 24.1 Å². The van der Waals surface area contributed by atoms with Crippen molar-refractivity contribution in [2.24, 2.45) is 17.8 Å². The number of phenols is 1. The molecule has 6 atom stereocenters. The fraction of sp³-hybridized carbons (Fsp3) is 0.435. The second kappa shape index (κ2) is 7.29. The molecule has 0 spiro atoms. The molecule has 0 unspecified atom stereocenters. The molecular formula is C23H20Cl2N2O7. The number of allylic oxidation sites excluding steroid dienone is 2. The van der Waals surface area contributed by atoms with Gasteiger partial charge in [-0.2, -0.15) is 4.90 Å². The number of benzene rings is 1. The van der Waals surface area contributed by atoms with Crippen molar-refractivity contribution in [1.29, 1.82) is 0 Å². The van der Waals surface area contributed by atoms with Crippen LogP contribution >= 0.6 is 23.2 Å². The highest BCUT2D eigenvalue weighted by Crippen LogP contribution is 2.65. The van der Waals surface area contributed by atoms with Crippen LogP contribution in [0.25, 0.3) is 0 Å². The van der Waals surface area contributed by atoms with Crippen LogP contribution in [0.5, 0.6) is 5.75 Å². The average molecular weight is 507 g/mol. The van der Waals surface area contributed by atoms with E-state index < -0.39 is 63.1 Å². The molecule has 4 aliphatic rings. The van der Waals surface area contributed by atoms with Crippen LogP contribution in [-0.2, 0) is 23.9 Å². The number of para-hydroxylation sites is 1. The van der Waals surface area contributed by atoms with Gasteiger partial charge < -0.3 is 9.84 Å². The van der Waals surface area contributed by atoms with Crippen molar-refractivity contribution in [1.82, 2.24) is 9.80 Å². The second-order valence-electron chi connectivity index (χ2n) is 9.04. The monoisotopic (exact) mass is 506 g/mol. The molecule has 1 N–H and O–H groups in total. The lowest BCUT2D eigenvalue weighted by Gasteiger charge is -2.50. The molecule has 2 aliphatic carbocycles. The molecule has 1 aromatic carbocycles. The third-order valence-electron chi connectivity index (χ3n) is 7.62. The first-order valence-corrected chi connectivity index (χ1v) is 11.4. The van der Waals surface area contributed by atoms with Gasteiger partial charge in [0.15, 0.2) is 9.75 Å². The lowest BCUT2D eigenvalue weighted by atomic mass is 9.56. The summed E-state index contributed by atoms with van der Waals surface area (Å²) in [5, 5.41) is 10.7. The molecule has 0 aromatic heterocycles. The molecule has 11 heteroatoms. The van der Waals surface area contributed by atoms with Gasteiger partial charge in [-0.15, -0.1) is 23.2 Å². The lowest BCUT2D eigenvalue weighted by Crippen LogP contribution is -2.60. The van der Waals surface area contributed by atoms with Crippen LogP contribution in [-0.4, -0.2) is 68.5 Å². The number of halogens is 2. The maximum absolute atomic E-state index is 13.4. The van der Waals surface area contributed by atoms with Crippen molar-refractivity contribution in [2.45, 2.75) is 28.5 Å². The van der Waals surface area contributed by atoms with E-state index in [9.17, 15) is 29.1 Å². The molecule has 3 fully saturated rings. The highest BCUT2D eigenvalue weighted by atomic mass is 35.5. The Morgan fingerprint density at radius 3 is 2.41 bits per heavy atom. The topological polar surface area (TPSA) is 121 Å². The third-order valence-corrected chi connectivity index (χ3v) is 9.03. The first kappa shape index (κ1) is 22.9. The molecule has 0 radical (unpaired) electrons. The van der Waals surface area contributed by atoms with Crippen LogP contribution in [0.15, 0.2) is 35.9 Å². The van der Waals surface area contributed by atoms with Gasteiger partial charge in [-0.05, 0) is 24.8 Å². The summed E-state index contributed by atoms with van der Waals surface area (Å²) in [7, 11) is 2.35. The smallest absolute Gasteiger partial charge is 0.423 e. The number of nitrogens with zero attached hydrogens (tertiary/aromatic N) is 2. The largest absolute Gasteiger partial charge is 0.508 e. The van der Waals surface area contributed by atoms with E-state index in [0.717, 1.165) is 12.0 Å². The van der Waals surface area contributed by atoms with Crippen LogP contribution in [0.1, 0.15) is 24.3 Å². The molecule has 2 aliphatic heterocycles. The van der Waals surface area contributed by atoms with Crippen LogP contribution < -0.4 is 0 Å². The van der Waals surface area contributed by atoms with E-state index in [-0.39, 0.29) is 24.2 Å². The van der Waals surface area contributed by atoms with Gasteiger partial charge in [-0.25, -0.2) is 4.79 Å². The van der Waals surface area contributed by atoms with E-state index in [1.54, 1.807) is 24.3 Å². The summed E-state index contributed by atoms with van der Waals surface area (Å²) >= 11 is 13.9. The number of likely N-dealkylation sites (tertiary alicyclic amines) is 2. The van der Waals surface area contributed by atoms with E-state index in [0.29, 0.717) is 10.5 Å². The minimum Gasteiger partial charge on any atom is -0.508 e. The van der Waals surface area contributed by atoms with Gasteiger partial charge in [0.2, 0.25) is 11.8 Å². The van der Waals surface area contributed by atoms with Crippen LogP contribution in [0.2, 0.25) is 0 Å². The zero-order valence-electron chi connectivity index (χ0n) is 18.2. The summed E-state index contributed by atoms with van der Waals surface area (Å²) in [5.74, 6) is -6.70. The number of hydrogen-bond donors (Lipinski definition) is 1. The van der Waals surface area contributed by atoms with Gasteiger partial charge in [0.1, 0.15) is 5.75 Å². The zero-order valence-corrected chi connectivity index (χ0v) is 19.7. The van der Waals surface area contributed by atoms with Crippen molar-refractivity contribution in [3.63, 3.8) is 0 Å². The van der Waals surface area contributed by atoms with Crippen LogP contribution in [0.4, 0.5) is 4.79 Å². The maximum Gasteiger partial charge on any atom is 0.423 e. The van der Waals surface area contributed by atoms with Gasteiger partial charge in [0, 0.05) is 18.5 Å². The van der Waals surface area contributed by atoms with Crippen molar-refractivity contribution in [3.8, 4) is 5.75 Å². The Kier molecular flexibility index (Phi) is 4.90. The number of hydrogen-bond acceptors (Lipinski definition) is 7. The Balaban J connectivity index is 1.72. The normalized spacial score (nSPS) is 36.8. The van der Waals surface area contributed by atoms with Crippen molar-refractivity contribution < 1.29 is 33.8 Å². The number of carbonyl (C=O) groups excluding carboxylic acids is 5. The molecule has 178 valence electrons.